The first-order chi connectivity index (χ1) is 12.8. The summed E-state index contributed by atoms with van der Waals surface area (Å²) in [6.07, 6.45) is 5.01. The molecule has 0 amide bonds. The lowest BCUT2D eigenvalue weighted by Crippen LogP contribution is -2.21. The molecule has 0 saturated heterocycles. The van der Waals surface area contributed by atoms with Crippen LogP contribution in [0.2, 0.25) is 0 Å². The van der Waals surface area contributed by atoms with Gasteiger partial charge in [0.15, 0.2) is 5.16 Å². The molecule has 4 aromatic rings. The number of fused-ring (bicyclic) bond motifs is 5. The van der Waals surface area contributed by atoms with E-state index in [0.717, 1.165) is 46.1 Å². The molecule has 0 unspecified atom stereocenters. The summed E-state index contributed by atoms with van der Waals surface area (Å²) in [7, 11) is 0. The highest BCUT2D eigenvalue weighted by Gasteiger charge is 2.26. The van der Waals surface area contributed by atoms with Gasteiger partial charge in [0.1, 0.15) is 4.83 Å². The first-order valence-corrected chi connectivity index (χ1v) is 10.3. The van der Waals surface area contributed by atoms with Gasteiger partial charge >= 0.3 is 0 Å². The third-order valence-electron chi connectivity index (χ3n) is 4.68. The van der Waals surface area contributed by atoms with E-state index in [0.29, 0.717) is 5.78 Å². The van der Waals surface area contributed by atoms with E-state index >= 15 is 0 Å². The summed E-state index contributed by atoms with van der Waals surface area (Å²) in [5.41, 5.74) is 2.04. The average molecular weight is 380 g/mol. The molecule has 0 spiro atoms. The van der Waals surface area contributed by atoms with Gasteiger partial charge in [0.2, 0.25) is 5.78 Å². The van der Waals surface area contributed by atoms with Crippen LogP contribution in [0.15, 0.2) is 52.9 Å². The normalized spacial score (nSPS) is 13.5. The van der Waals surface area contributed by atoms with E-state index in [1.807, 2.05) is 40.8 Å². The van der Waals surface area contributed by atoms with Gasteiger partial charge in [-0.3, -0.25) is 4.79 Å². The van der Waals surface area contributed by atoms with Crippen molar-refractivity contribution in [2.75, 3.05) is 5.75 Å². The highest BCUT2D eigenvalue weighted by Crippen LogP contribution is 2.37. The number of thiophene rings is 1. The van der Waals surface area contributed by atoms with Crippen molar-refractivity contribution in [2.24, 2.45) is 0 Å². The first kappa shape index (κ1) is 15.8. The molecule has 5 rings (SSSR count). The van der Waals surface area contributed by atoms with E-state index in [-0.39, 0.29) is 5.56 Å². The topological polar surface area (TPSA) is 52.2 Å². The number of rotatable bonds is 4. The molecule has 1 aliphatic carbocycles. The van der Waals surface area contributed by atoms with Gasteiger partial charge in [-0.2, -0.15) is 0 Å². The van der Waals surface area contributed by atoms with Crippen LogP contribution in [0.1, 0.15) is 16.9 Å². The van der Waals surface area contributed by atoms with Crippen LogP contribution in [-0.2, 0) is 12.8 Å². The molecule has 0 bridgehead atoms. The van der Waals surface area contributed by atoms with Gasteiger partial charge in [-0.25, -0.2) is 8.97 Å². The highest BCUT2D eigenvalue weighted by atomic mass is 32.2. The predicted molar refractivity (Wildman–Crippen MR) is 107 cm³/mol. The summed E-state index contributed by atoms with van der Waals surface area (Å²) in [6, 6.07) is 9.69. The SMILES string of the molecule is C=CCSc1nnc2n(-c3ccccc3)c(=O)c3c4c(sc3n12)CCC4. The Bertz CT molecular complexity index is 1200. The second-order valence-electron chi connectivity index (χ2n) is 6.23. The zero-order valence-corrected chi connectivity index (χ0v) is 15.6. The zero-order valence-electron chi connectivity index (χ0n) is 14.0. The standard InChI is InChI=1S/C19H16N4OS2/c1-2-11-25-19-21-20-18-22(12-7-4-3-5-8-12)16(24)15-13-9-6-10-14(13)26-17(15)23(18)19/h2-5,7-8H,1,6,9-11H2. The third-order valence-corrected chi connectivity index (χ3v) is 6.89. The molecule has 0 N–H and O–H groups in total. The minimum absolute atomic E-state index is 0.00534. The van der Waals surface area contributed by atoms with Crippen LogP contribution in [0.25, 0.3) is 21.7 Å². The summed E-state index contributed by atoms with van der Waals surface area (Å²) in [5, 5.41) is 10.4. The number of para-hydroxylation sites is 1. The van der Waals surface area contributed by atoms with Gasteiger partial charge < -0.3 is 0 Å². The zero-order chi connectivity index (χ0) is 17.7. The number of hydrogen-bond donors (Lipinski definition) is 0. The molecule has 1 aliphatic rings. The van der Waals surface area contributed by atoms with Crippen molar-refractivity contribution < 1.29 is 0 Å². The number of aromatic nitrogens is 4. The lowest BCUT2D eigenvalue weighted by atomic mass is 10.2. The van der Waals surface area contributed by atoms with E-state index in [4.69, 9.17) is 0 Å². The lowest BCUT2D eigenvalue weighted by Gasteiger charge is -2.09. The maximum absolute atomic E-state index is 13.5. The number of hydrogen-bond acceptors (Lipinski definition) is 5. The van der Waals surface area contributed by atoms with Crippen LogP contribution in [0, 0.1) is 0 Å². The largest absolute Gasteiger partial charge is 0.268 e. The Hall–Kier alpha value is -2.38. The van der Waals surface area contributed by atoms with E-state index in [2.05, 4.69) is 16.8 Å². The van der Waals surface area contributed by atoms with Gasteiger partial charge in [-0.15, -0.1) is 28.1 Å². The second-order valence-corrected chi connectivity index (χ2v) is 8.30. The van der Waals surface area contributed by atoms with Crippen molar-refractivity contribution >= 4 is 39.1 Å². The van der Waals surface area contributed by atoms with E-state index in [1.165, 1.54) is 10.4 Å². The molecule has 0 saturated carbocycles. The van der Waals surface area contributed by atoms with E-state index < -0.39 is 0 Å². The molecule has 7 heteroatoms. The molecule has 0 aliphatic heterocycles. The van der Waals surface area contributed by atoms with Crippen molar-refractivity contribution in [1.29, 1.82) is 0 Å². The number of aryl methyl sites for hydroxylation is 2. The molecule has 26 heavy (non-hydrogen) atoms. The van der Waals surface area contributed by atoms with Crippen LogP contribution in [0.4, 0.5) is 0 Å². The van der Waals surface area contributed by atoms with Crippen molar-refractivity contribution in [3.05, 3.63) is 63.8 Å². The monoisotopic (exact) mass is 380 g/mol. The molecular weight excluding hydrogens is 364 g/mol. The fourth-order valence-electron chi connectivity index (χ4n) is 3.59. The summed E-state index contributed by atoms with van der Waals surface area (Å²) in [4.78, 5) is 15.8. The van der Waals surface area contributed by atoms with E-state index in [9.17, 15) is 4.79 Å². The van der Waals surface area contributed by atoms with Gasteiger partial charge in [0.25, 0.3) is 5.56 Å². The van der Waals surface area contributed by atoms with Crippen LogP contribution < -0.4 is 5.56 Å². The molecule has 3 heterocycles. The minimum atomic E-state index is 0.00534. The summed E-state index contributed by atoms with van der Waals surface area (Å²) < 4.78 is 3.74. The molecule has 0 fully saturated rings. The number of benzene rings is 1. The number of nitrogens with zero attached hydrogens (tertiary/aromatic N) is 4. The van der Waals surface area contributed by atoms with Gasteiger partial charge in [0, 0.05) is 10.6 Å². The maximum Gasteiger partial charge on any atom is 0.268 e. The molecule has 3 aromatic heterocycles. The Labute approximate surface area is 158 Å². The quantitative estimate of drug-likeness (QED) is 0.398. The first-order valence-electron chi connectivity index (χ1n) is 8.53. The Morgan fingerprint density at radius 2 is 2.08 bits per heavy atom. The molecule has 1 aromatic carbocycles. The molecule has 5 nitrogen and oxygen atoms in total. The Kier molecular flexibility index (Phi) is 3.72. The Balaban J connectivity index is 1.94. The lowest BCUT2D eigenvalue weighted by molar-refractivity contribution is 0.910. The maximum atomic E-state index is 13.5. The van der Waals surface area contributed by atoms with Crippen LogP contribution in [0.3, 0.4) is 0 Å². The fraction of sp³-hybridized carbons (Fsp3) is 0.211. The van der Waals surface area contributed by atoms with Gasteiger partial charge in [0.05, 0.1) is 11.1 Å². The molecule has 0 atom stereocenters. The summed E-state index contributed by atoms with van der Waals surface area (Å²) >= 11 is 3.30. The van der Waals surface area contributed by atoms with Crippen molar-refractivity contribution in [3.63, 3.8) is 0 Å². The van der Waals surface area contributed by atoms with E-state index in [1.54, 1.807) is 27.7 Å². The molecular formula is C19H16N4OS2. The smallest absolute Gasteiger partial charge is 0.268 e. The summed E-state index contributed by atoms with van der Waals surface area (Å²) in [5.74, 6) is 1.32. The summed E-state index contributed by atoms with van der Waals surface area (Å²) in [6.45, 7) is 3.79. The molecule has 130 valence electrons. The van der Waals surface area contributed by atoms with Crippen LogP contribution in [0.5, 0.6) is 0 Å². The number of thioether (sulfide) groups is 1. The molecule has 0 radical (unpaired) electrons. The predicted octanol–water partition coefficient (Wildman–Crippen LogP) is 3.86. The van der Waals surface area contributed by atoms with Crippen molar-refractivity contribution in [3.8, 4) is 5.69 Å². The Morgan fingerprint density at radius 1 is 1.23 bits per heavy atom. The van der Waals surface area contributed by atoms with Crippen LogP contribution in [-0.4, -0.2) is 24.9 Å². The second kappa shape index (κ2) is 6.10. The fourth-order valence-corrected chi connectivity index (χ4v) is 5.70. The van der Waals surface area contributed by atoms with Gasteiger partial charge in [-0.1, -0.05) is 36.0 Å². The Morgan fingerprint density at radius 3 is 2.88 bits per heavy atom. The average Bonchev–Trinajstić information content (AvgIpc) is 3.34. The van der Waals surface area contributed by atoms with Gasteiger partial charge in [-0.05, 0) is 37.0 Å². The third kappa shape index (κ3) is 2.20. The highest BCUT2D eigenvalue weighted by molar-refractivity contribution is 7.99. The van der Waals surface area contributed by atoms with Crippen LogP contribution >= 0.6 is 23.1 Å². The minimum Gasteiger partial charge on any atom is -0.268 e. The van der Waals surface area contributed by atoms with Crippen molar-refractivity contribution in [2.45, 2.75) is 24.4 Å². The van der Waals surface area contributed by atoms with Crippen molar-refractivity contribution in [1.82, 2.24) is 19.2 Å².